The topological polar surface area (TPSA) is 49.2 Å². The number of nitrogens with one attached hydrogen (secondary N) is 1. The van der Waals surface area contributed by atoms with Crippen LogP contribution in [0.25, 0.3) is 0 Å². The van der Waals surface area contributed by atoms with Gasteiger partial charge in [-0.2, -0.15) is 5.11 Å². The van der Waals surface area contributed by atoms with E-state index >= 15 is 0 Å². The molecule has 0 radical (unpaired) electrons. The van der Waals surface area contributed by atoms with Gasteiger partial charge in [0.05, 0.1) is 13.2 Å². The molecule has 1 unspecified atom stereocenters. The number of ether oxygens (including phenoxy) is 1. The molecule has 0 spiro atoms. The molecule has 0 aliphatic rings. The van der Waals surface area contributed by atoms with Gasteiger partial charge in [-0.05, 0) is 57.9 Å². The average Bonchev–Trinajstić information content (AvgIpc) is 2.59. The molecular formula is C19H32N4O. The highest BCUT2D eigenvalue weighted by atomic mass is 16.5. The van der Waals surface area contributed by atoms with Gasteiger partial charge in [0.25, 0.3) is 0 Å². The van der Waals surface area contributed by atoms with E-state index in [2.05, 4.69) is 47.7 Å². The molecule has 0 fully saturated rings. The first-order valence-corrected chi connectivity index (χ1v) is 8.67. The van der Waals surface area contributed by atoms with Crippen LogP contribution in [0.15, 0.2) is 46.3 Å². The van der Waals surface area contributed by atoms with Gasteiger partial charge in [-0.25, -0.2) is 0 Å². The van der Waals surface area contributed by atoms with Crippen LogP contribution in [0.3, 0.4) is 0 Å². The summed E-state index contributed by atoms with van der Waals surface area (Å²) in [5.41, 5.74) is 2.50. The standard InChI is InChI=1S/C19H32N4O/c1-7-16(8-2)19(13-14-23(5)22-21-15(3)4)20-17-9-11-18(24-6)12-10-17/h7,9-12,15,19-20H,8,13-14H2,1-6H3/b16-7+,22-21?. The molecule has 0 saturated heterocycles. The van der Waals surface area contributed by atoms with Crippen molar-refractivity contribution < 1.29 is 4.74 Å². The average molecular weight is 332 g/mol. The summed E-state index contributed by atoms with van der Waals surface area (Å²) in [6.45, 7) is 9.20. The zero-order valence-corrected chi connectivity index (χ0v) is 15.9. The van der Waals surface area contributed by atoms with Crippen molar-refractivity contribution in [2.75, 3.05) is 26.0 Å². The van der Waals surface area contributed by atoms with Crippen molar-refractivity contribution >= 4 is 5.69 Å². The Morgan fingerprint density at radius 1 is 1.29 bits per heavy atom. The van der Waals surface area contributed by atoms with E-state index in [1.54, 1.807) is 7.11 Å². The molecule has 0 amide bonds. The number of anilines is 1. The van der Waals surface area contributed by atoms with E-state index in [9.17, 15) is 0 Å². The largest absolute Gasteiger partial charge is 0.497 e. The Morgan fingerprint density at radius 3 is 2.46 bits per heavy atom. The Balaban J connectivity index is 2.73. The lowest BCUT2D eigenvalue weighted by Crippen LogP contribution is -2.27. The summed E-state index contributed by atoms with van der Waals surface area (Å²) in [4.78, 5) is 0. The highest BCUT2D eigenvalue weighted by molar-refractivity contribution is 5.48. The van der Waals surface area contributed by atoms with Gasteiger partial charge >= 0.3 is 0 Å². The number of allylic oxidation sites excluding steroid dienone is 1. The van der Waals surface area contributed by atoms with Gasteiger partial charge in [-0.3, -0.25) is 5.01 Å². The van der Waals surface area contributed by atoms with Crippen molar-refractivity contribution in [2.45, 2.75) is 52.6 Å². The Labute approximate surface area is 146 Å². The van der Waals surface area contributed by atoms with Crippen molar-refractivity contribution in [3.63, 3.8) is 0 Å². The Bertz CT molecular complexity index is 523. The lowest BCUT2D eigenvalue weighted by atomic mass is 10.0. The molecule has 1 aromatic rings. The van der Waals surface area contributed by atoms with Crippen molar-refractivity contribution in [1.82, 2.24) is 5.01 Å². The fraction of sp³-hybridized carbons (Fsp3) is 0.579. The van der Waals surface area contributed by atoms with Crippen molar-refractivity contribution in [3.05, 3.63) is 35.9 Å². The highest BCUT2D eigenvalue weighted by Crippen LogP contribution is 2.20. The van der Waals surface area contributed by atoms with Crippen LogP contribution in [0.1, 0.15) is 40.5 Å². The van der Waals surface area contributed by atoms with Crippen LogP contribution in [0.4, 0.5) is 5.69 Å². The summed E-state index contributed by atoms with van der Waals surface area (Å²) in [5.74, 6) is 0.868. The molecule has 0 saturated carbocycles. The lowest BCUT2D eigenvalue weighted by molar-refractivity contribution is 0.312. The third-order valence-electron chi connectivity index (χ3n) is 3.83. The molecular weight excluding hydrogens is 300 g/mol. The summed E-state index contributed by atoms with van der Waals surface area (Å²) < 4.78 is 5.22. The van der Waals surface area contributed by atoms with E-state index in [0.29, 0.717) is 0 Å². The van der Waals surface area contributed by atoms with Gasteiger partial charge in [-0.1, -0.05) is 23.8 Å². The molecule has 5 heteroatoms. The molecule has 0 bridgehead atoms. The van der Waals surface area contributed by atoms with Gasteiger partial charge in [0.2, 0.25) is 0 Å². The van der Waals surface area contributed by atoms with Crippen LogP contribution < -0.4 is 10.1 Å². The SMILES string of the molecule is C/C=C(\CC)C(CCN(C)N=NC(C)C)Nc1ccc(OC)cc1. The summed E-state index contributed by atoms with van der Waals surface area (Å²) in [7, 11) is 3.65. The van der Waals surface area contributed by atoms with Gasteiger partial charge in [0.1, 0.15) is 5.75 Å². The predicted molar refractivity (Wildman–Crippen MR) is 102 cm³/mol. The summed E-state index contributed by atoms with van der Waals surface area (Å²) >= 11 is 0. The maximum absolute atomic E-state index is 5.22. The Kier molecular flexibility index (Phi) is 8.90. The lowest BCUT2D eigenvalue weighted by Gasteiger charge is -2.24. The van der Waals surface area contributed by atoms with Crippen molar-refractivity contribution in [3.8, 4) is 5.75 Å². The second-order valence-corrected chi connectivity index (χ2v) is 6.11. The van der Waals surface area contributed by atoms with Gasteiger partial charge in [0.15, 0.2) is 0 Å². The molecule has 0 aliphatic carbocycles. The molecule has 1 N–H and O–H groups in total. The molecule has 1 aromatic carbocycles. The van der Waals surface area contributed by atoms with Crippen LogP contribution in [0.2, 0.25) is 0 Å². The fourth-order valence-electron chi connectivity index (χ4n) is 2.44. The maximum Gasteiger partial charge on any atom is 0.119 e. The monoisotopic (exact) mass is 332 g/mol. The van der Waals surface area contributed by atoms with Gasteiger partial charge in [-0.15, -0.1) is 0 Å². The zero-order valence-electron chi connectivity index (χ0n) is 15.9. The van der Waals surface area contributed by atoms with Crippen molar-refractivity contribution in [1.29, 1.82) is 0 Å². The van der Waals surface area contributed by atoms with Gasteiger partial charge in [0, 0.05) is 25.3 Å². The van der Waals surface area contributed by atoms with Crippen LogP contribution in [0, 0.1) is 0 Å². The number of rotatable bonds is 10. The highest BCUT2D eigenvalue weighted by Gasteiger charge is 2.13. The number of hydrogen-bond donors (Lipinski definition) is 1. The summed E-state index contributed by atoms with van der Waals surface area (Å²) in [6, 6.07) is 8.56. The van der Waals surface area contributed by atoms with E-state index in [1.165, 1.54) is 5.57 Å². The van der Waals surface area contributed by atoms with E-state index in [0.717, 1.165) is 30.8 Å². The van der Waals surface area contributed by atoms with E-state index in [1.807, 2.05) is 38.0 Å². The van der Waals surface area contributed by atoms with E-state index in [-0.39, 0.29) is 12.1 Å². The minimum atomic E-state index is 0.224. The zero-order chi connectivity index (χ0) is 17.9. The fourth-order valence-corrected chi connectivity index (χ4v) is 2.44. The quantitative estimate of drug-likeness (QED) is 0.375. The second-order valence-electron chi connectivity index (χ2n) is 6.11. The first-order chi connectivity index (χ1) is 11.5. The molecule has 1 rings (SSSR count). The molecule has 0 aliphatic heterocycles. The van der Waals surface area contributed by atoms with Gasteiger partial charge < -0.3 is 10.1 Å². The van der Waals surface area contributed by atoms with E-state index in [4.69, 9.17) is 4.74 Å². The Hall–Kier alpha value is -2.04. The minimum Gasteiger partial charge on any atom is -0.497 e. The molecule has 0 aromatic heterocycles. The van der Waals surface area contributed by atoms with Crippen molar-refractivity contribution in [2.24, 2.45) is 10.3 Å². The molecule has 24 heavy (non-hydrogen) atoms. The first kappa shape index (κ1) is 20.0. The molecule has 0 heterocycles. The molecule has 134 valence electrons. The van der Waals surface area contributed by atoms with Crippen LogP contribution >= 0.6 is 0 Å². The number of nitrogens with zero attached hydrogens (tertiary/aromatic N) is 3. The second kappa shape index (κ2) is 10.7. The molecule has 1 atom stereocenters. The third kappa shape index (κ3) is 7.02. The number of methoxy groups -OCH3 is 1. The summed E-state index contributed by atoms with van der Waals surface area (Å²) in [6.07, 6.45) is 4.20. The maximum atomic E-state index is 5.22. The predicted octanol–water partition coefficient (Wildman–Crippen LogP) is 4.93. The van der Waals surface area contributed by atoms with Crippen LogP contribution in [0.5, 0.6) is 5.75 Å². The minimum absolute atomic E-state index is 0.224. The van der Waals surface area contributed by atoms with Crippen LogP contribution in [-0.4, -0.2) is 37.8 Å². The molecule has 5 nitrogen and oxygen atoms in total. The first-order valence-electron chi connectivity index (χ1n) is 8.67. The van der Waals surface area contributed by atoms with Crippen LogP contribution in [-0.2, 0) is 0 Å². The summed E-state index contributed by atoms with van der Waals surface area (Å²) in [5, 5.41) is 14.0. The third-order valence-corrected chi connectivity index (χ3v) is 3.83. The smallest absolute Gasteiger partial charge is 0.119 e. The Morgan fingerprint density at radius 2 is 1.96 bits per heavy atom. The van der Waals surface area contributed by atoms with E-state index < -0.39 is 0 Å². The normalized spacial score (nSPS) is 13.4. The number of benzene rings is 1. The number of hydrogen-bond acceptors (Lipinski definition) is 4.